The van der Waals surface area contributed by atoms with Crippen LogP contribution in [0, 0.1) is 0 Å². The van der Waals surface area contributed by atoms with Crippen molar-refractivity contribution in [3.63, 3.8) is 0 Å². The van der Waals surface area contributed by atoms with Crippen molar-refractivity contribution in [1.29, 1.82) is 0 Å². The number of benzene rings is 1. The molecule has 0 saturated heterocycles. The summed E-state index contributed by atoms with van der Waals surface area (Å²) in [6.45, 7) is 0.840. The number of carbonyl (C=O) groups excluding carboxylic acids is 2. The molecule has 1 aliphatic carbocycles. The molecule has 0 bridgehead atoms. The van der Waals surface area contributed by atoms with Gasteiger partial charge in [0, 0.05) is 6.04 Å². The Morgan fingerprint density at radius 1 is 1.19 bits per heavy atom. The van der Waals surface area contributed by atoms with E-state index in [4.69, 9.17) is 27.9 Å². The van der Waals surface area contributed by atoms with Crippen LogP contribution < -0.4 is 10.0 Å². The first-order valence-electron chi connectivity index (χ1n) is 8.63. The molecule has 0 heterocycles. The molecule has 1 amide bonds. The SMILES string of the molecule is CC(OC(=O)CNS(=O)(=O)c1ccc(Cl)c(Cl)c1)C(=O)NC1CCCCC1. The van der Waals surface area contributed by atoms with Crippen LogP contribution in [-0.2, 0) is 24.3 Å². The maximum absolute atomic E-state index is 12.2. The van der Waals surface area contributed by atoms with Crippen molar-refractivity contribution in [3.05, 3.63) is 28.2 Å². The highest BCUT2D eigenvalue weighted by Gasteiger charge is 2.23. The summed E-state index contributed by atoms with van der Waals surface area (Å²) in [4.78, 5) is 23.8. The summed E-state index contributed by atoms with van der Waals surface area (Å²) >= 11 is 11.6. The van der Waals surface area contributed by atoms with Crippen molar-refractivity contribution in [2.24, 2.45) is 0 Å². The molecule has 1 saturated carbocycles. The quantitative estimate of drug-likeness (QED) is 0.639. The Labute approximate surface area is 168 Å². The van der Waals surface area contributed by atoms with Crippen LogP contribution in [0.5, 0.6) is 0 Å². The van der Waals surface area contributed by atoms with Gasteiger partial charge in [-0.15, -0.1) is 0 Å². The highest BCUT2D eigenvalue weighted by atomic mass is 35.5. The number of nitrogens with one attached hydrogen (secondary N) is 2. The number of halogens is 2. The van der Waals surface area contributed by atoms with E-state index >= 15 is 0 Å². The number of sulfonamides is 1. The van der Waals surface area contributed by atoms with Gasteiger partial charge in [0.15, 0.2) is 6.10 Å². The fraction of sp³-hybridized carbons (Fsp3) is 0.529. The van der Waals surface area contributed by atoms with Gasteiger partial charge in [0.2, 0.25) is 10.0 Å². The predicted molar refractivity (Wildman–Crippen MR) is 102 cm³/mol. The van der Waals surface area contributed by atoms with Gasteiger partial charge in [-0.25, -0.2) is 8.42 Å². The zero-order valence-corrected chi connectivity index (χ0v) is 17.2. The lowest BCUT2D eigenvalue weighted by Crippen LogP contribution is -2.43. The second-order valence-corrected chi connectivity index (χ2v) is 8.96. The Morgan fingerprint density at radius 2 is 1.85 bits per heavy atom. The van der Waals surface area contributed by atoms with Gasteiger partial charge < -0.3 is 10.1 Å². The summed E-state index contributed by atoms with van der Waals surface area (Å²) in [6, 6.07) is 3.88. The molecule has 0 spiro atoms. The molecule has 2 rings (SSSR count). The van der Waals surface area contributed by atoms with Gasteiger partial charge >= 0.3 is 5.97 Å². The third kappa shape index (κ3) is 6.64. The van der Waals surface area contributed by atoms with E-state index in [1.807, 2.05) is 0 Å². The number of esters is 1. The molecule has 0 radical (unpaired) electrons. The number of ether oxygens (including phenoxy) is 1. The molecule has 1 aliphatic rings. The molecule has 0 aromatic heterocycles. The molecular weight excluding hydrogens is 415 g/mol. The molecule has 10 heteroatoms. The van der Waals surface area contributed by atoms with Crippen LogP contribution in [0.2, 0.25) is 10.0 Å². The Morgan fingerprint density at radius 3 is 2.48 bits per heavy atom. The van der Waals surface area contributed by atoms with Crippen LogP contribution in [-0.4, -0.2) is 39.0 Å². The van der Waals surface area contributed by atoms with Gasteiger partial charge in [0.1, 0.15) is 6.54 Å². The molecule has 0 aliphatic heterocycles. The highest BCUT2D eigenvalue weighted by Crippen LogP contribution is 2.24. The smallest absolute Gasteiger partial charge is 0.321 e. The van der Waals surface area contributed by atoms with E-state index in [9.17, 15) is 18.0 Å². The maximum Gasteiger partial charge on any atom is 0.321 e. The molecule has 1 aromatic carbocycles. The van der Waals surface area contributed by atoms with Crippen LogP contribution in [0.1, 0.15) is 39.0 Å². The van der Waals surface area contributed by atoms with Gasteiger partial charge in [-0.2, -0.15) is 4.72 Å². The second kappa shape index (κ2) is 9.73. The van der Waals surface area contributed by atoms with Crippen LogP contribution in [0.3, 0.4) is 0 Å². The maximum atomic E-state index is 12.2. The van der Waals surface area contributed by atoms with Crippen molar-refractivity contribution in [1.82, 2.24) is 10.0 Å². The first-order valence-corrected chi connectivity index (χ1v) is 10.9. The van der Waals surface area contributed by atoms with Gasteiger partial charge in [-0.05, 0) is 38.0 Å². The molecule has 1 aromatic rings. The van der Waals surface area contributed by atoms with Crippen LogP contribution in [0.25, 0.3) is 0 Å². The van der Waals surface area contributed by atoms with E-state index in [1.54, 1.807) is 0 Å². The standard InChI is InChI=1S/C17H22Cl2N2O5S/c1-11(17(23)21-12-5-3-2-4-6-12)26-16(22)10-20-27(24,25)13-7-8-14(18)15(19)9-13/h7-9,11-12,20H,2-6,10H2,1H3,(H,21,23). The lowest BCUT2D eigenvalue weighted by Gasteiger charge is -2.24. The average Bonchev–Trinajstić information content (AvgIpc) is 2.63. The number of rotatable bonds is 7. The Balaban J connectivity index is 1.83. The van der Waals surface area contributed by atoms with Crippen molar-refractivity contribution in [3.8, 4) is 0 Å². The first-order chi connectivity index (χ1) is 12.7. The summed E-state index contributed by atoms with van der Waals surface area (Å²) in [5.41, 5.74) is 0. The van der Waals surface area contributed by atoms with E-state index in [1.165, 1.54) is 25.1 Å². The Bertz CT molecular complexity index is 795. The normalized spacial score (nSPS) is 16.6. The van der Waals surface area contributed by atoms with Crippen LogP contribution in [0.15, 0.2) is 23.1 Å². The van der Waals surface area contributed by atoms with E-state index in [0.29, 0.717) is 0 Å². The van der Waals surface area contributed by atoms with Crippen molar-refractivity contribution in [2.75, 3.05) is 6.54 Å². The molecule has 1 atom stereocenters. The van der Waals surface area contributed by atoms with E-state index in [-0.39, 0.29) is 26.9 Å². The first kappa shape index (κ1) is 21.9. The molecule has 150 valence electrons. The minimum Gasteiger partial charge on any atom is -0.452 e. The van der Waals surface area contributed by atoms with Crippen molar-refractivity contribution >= 4 is 45.1 Å². The lowest BCUT2D eigenvalue weighted by molar-refractivity contribution is -0.154. The van der Waals surface area contributed by atoms with E-state index < -0.39 is 28.6 Å². The van der Waals surface area contributed by atoms with Gasteiger partial charge in [0.25, 0.3) is 5.91 Å². The van der Waals surface area contributed by atoms with Gasteiger partial charge in [0.05, 0.1) is 14.9 Å². The number of carbonyl (C=O) groups is 2. The topological polar surface area (TPSA) is 102 Å². The number of hydrogen-bond acceptors (Lipinski definition) is 5. The zero-order chi connectivity index (χ0) is 20.0. The average molecular weight is 437 g/mol. The second-order valence-electron chi connectivity index (χ2n) is 6.38. The third-order valence-electron chi connectivity index (χ3n) is 4.24. The summed E-state index contributed by atoms with van der Waals surface area (Å²) in [5.74, 6) is -1.24. The summed E-state index contributed by atoms with van der Waals surface area (Å²) in [7, 11) is -3.97. The minimum atomic E-state index is -3.97. The van der Waals surface area contributed by atoms with Gasteiger partial charge in [-0.3, -0.25) is 9.59 Å². The largest absolute Gasteiger partial charge is 0.452 e. The molecule has 1 unspecified atom stereocenters. The van der Waals surface area contributed by atoms with E-state index in [0.717, 1.165) is 32.1 Å². The highest BCUT2D eigenvalue weighted by molar-refractivity contribution is 7.89. The van der Waals surface area contributed by atoms with Crippen LogP contribution >= 0.6 is 23.2 Å². The Kier molecular flexibility index (Phi) is 7.91. The summed E-state index contributed by atoms with van der Waals surface area (Å²) < 4.78 is 31.5. The fourth-order valence-electron chi connectivity index (χ4n) is 2.74. The lowest BCUT2D eigenvalue weighted by atomic mass is 9.95. The fourth-order valence-corrected chi connectivity index (χ4v) is 4.10. The van der Waals surface area contributed by atoms with Crippen molar-refractivity contribution < 1.29 is 22.7 Å². The molecule has 7 nitrogen and oxygen atoms in total. The minimum absolute atomic E-state index is 0.0788. The monoisotopic (exact) mass is 436 g/mol. The number of amides is 1. The molecule has 1 fully saturated rings. The molecule has 2 N–H and O–H groups in total. The molecule has 27 heavy (non-hydrogen) atoms. The summed E-state index contributed by atoms with van der Waals surface area (Å²) in [6.07, 6.45) is 4.11. The summed E-state index contributed by atoms with van der Waals surface area (Å²) in [5, 5.41) is 3.15. The predicted octanol–water partition coefficient (Wildman–Crippen LogP) is 2.65. The van der Waals surface area contributed by atoms with Crippen LogP contribution in [0.4, 0.5) is 0 Å². The third-order valence-corrected chi connectivity index (χ3v) is 6.37. The molecular formula is C17H22Cl2N2O5S. The Hall–Kier alpha value is -1.35. The van der Waals surface area contributed by atoms with E-state index in [2.05, 4.69) is 10.0 Å². The zero-order valence-electron chi connectivity index (χ0n) is 14.8. The van der Waals surface area contributed by atoms with Gasteiger partial charge in [-0.1, -0.05) is 42.5 Å². The van der Waals surface area contributed by atoms with Crippen molar-refractivity contribution in [2.45, 2.75) is 56.1 Å². The number of hydrogen-bond donors (Lipinski definition) is 2.